The van der Waals surface area contributed by atoms with Crippen LogP contribution in [0.4, 0.5) is 0 Å². The average molecular weight is 290 g/mol. The van der Waals surface area contributed by atoms with Crippen molar-refractivity contribution >= 4 is 0 Å². The monoisotopic (exact) mass is 290 g/mol. The van der Waals surface area contributed by atoms with E-state index < -0.39 is 0 Å². The first kappa shape index (κ1) is 14.3. The molecule has 6 nitrogen and oxygen atoms in total. The van der Waals surface area contributed by atoms with E-state index in [0.717, 1.165) is 41.6 Å². The summed E-state index contributed by atoms with van der Waals surface area (Å²) in [5.74, 6) is 1.62. The fourth-order valence-electron chi connectivity index (χ4n) is 2.73. The summed E-state index contributed by atoms with van der Waals surface area (Å²) in [6.45, 7) is 7.36. The second kappa shape index (κ2) is 5.61. The van der Waals surface area contributed by atoms with Gasteiger partial charge in [0.05, 0.1) is 18.4 Å². The molecule has 0 spiro atoms. The number of rotatable bonds is 4. The molecule has 0 aliphatic carbocycles. The van der Waals surface area contributed by atoms with Crippen molar-refractivity contribution in [1.29, 1.82) is 0 Å². The van der Waals surface area contributed by atoms with E-state index in [1.807, 2.05) is 31.8 Å². The van der Waals surface area contributed by atoms with Gasteiger partial charge in [0, 0.05) is 31.0 Å². The molecular formula is C15H22N4O2. The van der Waals surface area contributed by atoms with Gasteiger partial charge in [0.15, 0.2) is 0 Å². The van der Waals surface area contributed by atoms with Gasteiger partial charge in [-0.3, -0.25) is 4.68 Å². The van der Waals surface area contributed by atoms with Crippen LogP contribution in [-0.2, 0) is 18.3 Å². The molecule has 0 radical (unpaired) electrons. The largest absolute Gasteiger partial charge is 0.444 e. The van der Waals surface area contributed by atoms with E-state index in [4.69, 9.17) is 9.15 Å². The molecule has 0 aromatic carbocycles. The van der Waals surface area contributed by atoms with Gasteiger partial charge in [0.25, 0.3) is 0 Å². The minimum atomic E-state index is 0.0517. The number of nitrogens with one attached hydrogen (secondary N) is 1. The molecule has 1 N–H and O–H groups in total. The van der Waals surface area contributed by atoms with Crippen molar-refractivity contribution in [2.75, 3.05) is 6.61 Å². The maximum Gasteiger partial charge on any atom is 0.208 e. The predicted octanol–water partition coefficient (Wildman–Crippen LogP) is 1.95. The highest BCUT2D eigenvalue weighted by atomic mass is 16.5. The number of aromatic nitrogens is 3. The zero-order chi connectivity index (χ0) is 15.0. The second-order valence-electron chi connectivity index (χ2n) is 5.63. The van der Waals surface area contributed by atoms with E-state index in [0.29, 0.717) is 6.54 Å². The third-order valence-electron chi connectivity index (χ3n) is 4.26. The molecule has 2 atom stereocenters. The summed E-state index contributed by atoms with van der Waals surface area (Å²) in [7, 11) is 1.95. The molecule has 0 bridgehead atoms. The number of ether oxygens (including phenoxy) is 1. The van der Waals surface area contributed by atoms with Crippen molar-refractivity contribution in [3.8, 4) is 0 Å². The zero-order valence-electron chi connectivity index (χ0n) is 13.0. The highest BCUT2D eigenvalue weighted by molar-refractivity contribution is 5.22. The molecule has 3 rings (SSSR count). The Morgan fingerprint density at radius 1 is 1.38 bits per heavy atom. The molecule has 21 heavy (non-hydrogen) atoms. The van der Waals surface area contributed by atoms with Crippen LogP contribution >= 0.6 is 0 Å². The van der Waals surface area contributed by atoms with E-state index in [1.165, 1.54) is 0 Å². The SMILES string of the molecule is Cc1nc(CN[C@H]2CCO[C@@H]2c2cnn(C)c2C)oc1C. The van der Waals surface area contributed by atoms with Gasteiger partial charge >= 0.3 is 0 Å². The lowest BCUT2D eigenvalue weighted by Gasteiger charge is -2.19. The highest BCUT2D eigenvalue weighted by Gasteiger charge is 2.31. The van der Waals surface area contributed by atoms with Crippen LogP contribution in [0.15, 0.2) is 10.6 Å². The Balaban J connectivity index is 1.68. The van der Waals surface area contributed by atoms with Crippen molar-refractivity contribution in [2.45, 2.75) is 45.9 Å². The van der Waals surface area contributed by atoms with E-state index in [1.54, 1.807) is 0 Å². The van der Waals surface area contributed by atoms with Crippen molar-refractivity contribution in [1.82, 2.24) is 20.1 Å². The molecule has 1 aliphatic heterocycles. The van der Waals surface area contributed by atoms with Crippen LogP contribution in [0.25, 0.3) is 0 Å². The number of hydrogen-bond donors (Lipinski definition) is 1. The molecular weight excluding hydrogens is 268 g/mol. The fourth-order valence-corrected chi connectivity index (χ4v) is 2.73. The van der Waals surface area contributed by atoms with E-state index >= 15 is 0 Å². The van der Waals surface area contributed by atoms with Crippen molar-refractivity contribution < 1.29 is 9.15 Å². The van der Waals surface area contributed by atoms with Crippen LogP contribution < -0.4 is 5.32 Å². The van der Waals surface area contributed by atoms with Gasteiger partial charge in [-0.15, -0.1) is 0 Å². The minimum Gasteiger partial charge on any atom is -0.444 e. The second-order valence-corrected chi connectivity index (χ2v) is 5.63. The number of oxazole rings is 1. The Hall–Kier alpha value is -1.66. The average Bonchev–Trinajstić information content (AvgIpc) is 3.11. The van der Waals surface area contributed by atoms with Crippen molar-refractivity contribution in [3.63, 3.8) is 0 Å². The Morgan fingerprint density at radius 3 is 2.81 bits per heavy atom. The lowest BCUT2D eigenvalue weighted by atomic mass is 10.0. The molecule has 0 saturated carbocycles. The van der Waals surface area contributed by atoms with Gasteiger partial charge in [-0.2, -0.15) is 5.10 Å². The minimum absolute atomic E-state index is 0.0517. The molecule has 114 valence electrons. The first-order chi connectivity index (χ1) is 10.1. The summed E-state index contributed by atoms with van der Waals surface area (Å²) >= 11 is 0. The van der Waals surface area contributed by atoms with Crippen LogP contribution in [0.3, 0.4) is 0 Å². The van der Waals surface area contributed by atoms with Crippen LogP contribution in [0.5, 0.6) is 0 Å². The number of aryl methyl sites for hydroxylation is 3. The summed E-state index contributed by atoms with van der Waals surface area (Å²) < 4.78 is 13.4. The molecule has 2 aromatic heterocycles. The highest BCUT2D eigenvalue weighted by Crippen LogP contribution is 2.31. The Bertz CT molecular complexity index is 612. The summed E-state index contributed by atoms with van der Waals surface area (Å²) in [5.41, 5.74) is 3.26. The maximum absolute atomic E-state index is 5.90. The zero-order valence-corrected chi connectivity index (χ0v) is 13.0. The van der Waals surface area contributed by atoms with Gasteiger partial charge < -0.3 is 14.5 Å². The van der Waals surface area contributed by atoms with E-state index in [-0.39, 0.29) is 12.1 Å². The first-order valence-corrected chi connectivity index (χ1v) is 7.32. The van der Waals surface area contributed by atoms with Crippen LogP contribution in [0.1, 0.15) is 41.1 Å². The molecule has 6 heteroatoms. The summed E-state index contributed by atoms with van der Waals surface area (Å²) in [6.07, 6.45) is 2.94. The Morgan fingerprint density at radius 2 is 2.19 bits per heavy atom. The van der Waals surface area contributed by atoms with Gasteiger partial charge in [-0.1, -0.05) is 0 Å². The predicted molar refractivity (Wildman–Crippen MR) is 77.9 cm³/mol. The maximum atomic E-state index is 5.90. The smallest absolute Gasteiger partial charge is 0.208 e. The topological polar surface area (TPSA) is 65.1 Å². The first-order valence-electron chi connectivity index (χ1n) is 7.32. The molecule has 2 aromatic rings. The van der Waals surface area contributed by atoms with Crippen LogP contribution in [-0.4, -0.2) is 27.4 Å². The quantitative estimate of drug-likeness (QED) is 0.932. The Labute approximate surface area is 124 Å². The molecule has 1 saturated heterocycles. The molecule has 3 heterocycles. The molecule has 1 fully saturated rings. The van der Waals surface area contributed by atoms with Gasteiger partial charge in [-0.05, 0) is 27.2 Å². The van der Waals surface area contributed by atoms with Gasteiger partial charge in [0.2, 0.25) is 5.89 Å². The number of hydrogen-bond acceptors (Lipinski definition) is 5. The fraction of sp³-hybridized carbons (Fsp3) is 0.600. The van der Waals surface area contributed by atoms with Crippen LogP contribution in [0.2, 0.25) is 0 Å². The van der Waals surface area contributed by atoms with Crippen molar-refractivity contribution in [2.24, 2.45) is 7.05 Å². The summed E-state index contributed by atoms with van der Waals surface area (Å²) in [6, 6.07) is 0.264. The molecule has 0 amide bonds. The third kappa shape index (κ3) is 2.73. The Kier molecular flexibility index (Phi) is 3.82. The molecule has 1 aliphatic rings. The lowest BCUT2D eigenvalue weighted by Crippen LogP contribution is -2.31. The van der Waals surface area contributed by atoms with E-state index in [9.17, 15) is 0 Å². The summed E-state index contributed by atoms with van der Waals surface area (Å²) in [5, 5.41) is 7.81. The normalized spacial score (nSPS) is 22.1. The lowest BCUT2D eigenvalue weighted by molar-refractivity contribution is 0.0974. The molecule has 0 unspecified atom stereocenters. The standard InChI is InChI=1S/C15H22N4O2/c1-9-11(3)21-14(18-9)8-16-13-5-6-20-15(13)12-7-17-19(4)10(12)2/h7,13,15-16H,5-6,8H2,1-4H3/t13-,15+/m0/s1. The van der Waals surface area contributed by atoms with Gasteiger partial charge in [0.1, 0.15) is 11.9 Å². The third-order valence-corrected chi connectivity index (χ3v) is 4.26. The van der Waals surface area contributed by atoms with Crippen LogP contribution in [0, 0.1) is 20.8 Å². The van der Waals surface area contributed by atoms with E-state index in [2.05, 4.69) is 22.3 Å². The number of nitrogens with zero attached hydrogens (tertiary/aromatic N) is 3. The van der Waals surface area contributed by atoms with Gasteiger partial charge in [-0.25, -0.2) is 4.98 Å². The van der Waals surface area contributed by atoms with Crippen molar-refractivity contribution in [3.05, 3.63) is 34.8 Å². The summed E-state index contributed by atoms with van der Waals surface area (Å²) in [4.78, 5) is 4.40.